The third kappa shape index (κ3) is 3.67. The van der Waals surface area contributed by atoms with Crippen molar-refractivity contribution in [3.63, 3.8) is 0 Å². The van der Waals surface area contributed by atoms with Crippen molar-refractivity contribution in [2.45, 2.75) is 41.0 Å². The highest BCUT2D eigenvalue weighted by Gasteiger charge is 2.43. The number of piperidine rings is 1. The lowest BCUT2D eigenvalue weighted by molar-refractivity contribution is -0.120. The van der Waals surface area contributed by atoms with Gasteiger partial charge in [0, 0.05) is 13.1 Å². The maximum absolute atomic E-state index is 13.7. The molecule has 30 heavy (non-hydrogen) atoms. The molecule has 2 aromatic carbocycles. The first-order chi connectivity index (χ1) is 14.2. The fraction of sp³-hybridized carbons (Fsp3) is 0.385. The smallest absolute Gasteiger partial charge is 0.282 e. The Balaban J connectivity index is 1.85. The van der Waals surface area contributed by atoms with Crippen LogP contribution in [0, 0.1) is 32.6 Å². The summed E-state index contributed by atoms with van der Waals surface area (Å²) in [6.07, 6.45) is 1.15. The molecule has 1 fully saturated rings. The molecule has 4 nitrogen and oxygen atoms in total. The molecule has 2 heterocycles. The van der Waals surface area contributed by atoms with Gasteiger partial charge in [0.15, 0.2) is 0 Å². The minimum absolute atomic E-state index is 0.207. The second-order valence-corrected chi connectivity index (χ2v) is 9.23. The first-order valence-electron chi connectivity index (χ1n) is 10.8. The van der Waals surface area contributed by atoms with Crippen LogP contribution in [-0.4, -0.2) is 29.8 Å². The third-order valence-corrected chi connectivity index (χ3v) is 6.05. The van der Waals surface area contributed by atoms with Crippen molar-refractivity contribution < 1.29 is 9.59 Å². The number of likely N-dealkylation sites (tertiary alicyclic amines) is 1. The van der Waals surface area contributed by atoms with Crippen molar-refractivity contribution in [1.82, 2.24) is 4.90 Å². The quantitative estimate of drug-likeness (QED) is 0.688. The van der Waals surface area contributed by atoms with Crippen LogP contribution in [0.25, 0.3) is 5.57 Å². The monoisotopic (exact) mass is 402 g/mol. The summed E-state index contributed by atoms with van der Waals surface area (Å²) >= 11 is 0. The van der Waals surface area contributed by atoms with Gasteiger partial charge in [0.2, 0.25) is 0 Å². The van der Waals surface area contributed by atoms with Gasteiger partial charge in [0.05, 0.1) is 11.3 Å². The van der Waals surface area contributed by atoms with E-state index in [-0.39, 0.29) is 11.8 Å². The molecule has 2 aliphatic heterocycles. The zero-order chi connectivity index (χ0) is 21.6. The van der Waals surface area contributed by atoms with Gasteiger partial charge in [-0.15, -0.1) is 0 Å². The zero-order valence-corrected chi connectivity index (χ0v) is 18.5. The summed E-state index contributed by atoms with van der Waals surface area (Å²) in [6, 6.07) is 13.8. The number of carbonyl (C=O) groups excluding carboxylic acids is 2. The van der Waals surface area contributed by atoms with Crippen molar-refractivity contribution in [2.75, 3.05) is 18.0 Å². The van der Waals surface area contributed by atoms with Crippen LogP contribution in [0.2, 0.25) is 0 Å². The normalized spacial score (nSPS) is 22.3. The van der Waals surface area contributed by atoms with Crippen LogP contribution in [0.15, 0.2) is 48.2 Å². The number of rotatable bonds is 3. The Morgan fingerprint density at radius 3 is 1.90 bits per heavy atom. The van der Waals surface area contributed by atoms with Crippen LogP contribution in [0.3, 0.4) is 0 Å². The minimum Gasteiger partial charge on any atom is -0.366 e. The van der Waals surface area contributed by atoms with Gasteiger partial charge in [-0.2, -0.15) is 0 Å². The molecule has 4 heteroatoms. The lowest BCUT2D eigenvalue weighted by Crippen LogP contribution is -2.42. The molecular formula is C26H30N2O2. The molecule has 2 aliphatic rings. The Labute approximate surface area is 179 Å². The third-order valence-electron chi connectivity index (χ3n) is 6.05. The van der Waals surface area contributed by atoms with E-state index < -0.39 is 0 Å². The number of imide groups is 1. The Bertz CT molecular complexity index is 1010. The van der Waals surface area contributed by atoms with E-state index in [1.165, 1.54) is 4.90 Å². The summed E-state index contributed by atoms with van der Waals surface area (Å²) in [7, 11) is 0. The van der Waals surface area contributed by atoms with E-state index in [0.717, 1.165) is 41.8 Å². The molecule has 4 rings (SSSR count). The van der Waals surface area contributed by atoms with Crippen LogP contribution in [0.5, 0.6) is 0 Å². The summed E-state index contributed by atoms with van der Waals surface area (Å²) in [6.45, 7) is 12.0. The highest BCUT2D eigenvalue weighted by Crippen LogP contribution is 2.37. The van der Waals surface area contributed by atoms with E-state index >= 15 is 0 Å². The topological polar surface area (TPSA) is 40.6 Å². The van der Waals surface area contributed by atoms with Crippen LogP contribution in [-0.2, 0) is 9.59 Å². The average molecular weight is 403 g/mol. The Hall–Kier alpha value is -2.88. The number of amides is 2. The molecule has 2 aromatic rings. The number of aryl methyl sites for hydroxylation is 3. The van der Waals surface area contributed by atoms with Gasteiger partial charge in [-0.25, -0.2) is 4.90 Å². The summed E-state index contributed by atoms with van der Waals surface area (Å²) in [4.78, 5) is 30.9. The molecular weight excluding hydrogens is 372 g/mol. The molecule has 2 atom stereocenters. The van der Waals surface area contributed by atoms with Gasteiger partial charge < -0.3 is 4.90 Å². The van der Waals surface area contributed by atoms with Crippen molar-refractivity contribution in [3.8, 4) is 0 Å². The van der Waals surface area contributed by atoms with E-state index in [9.17, 15) is 9.59 Å². The average Bonchev–Trinajstić information content (AvgIpc) is 2.91. The van der Waals surface area contributed by atoms with Crippen molar-refractivity contribution in [2.24, 2.45) is 11.8 Å². The van der Waals surface area contributed by atoms with Gasteiger partial charge in [-0.1, -0.05) is 49.7 Å². The second-order valence-electron chi connectivity index (χ2n) is 9.23. The number of benzene rings is 2. The van der Waals surface area contributed by atoms with Crippen LogP contribution in [0.4, 0.5) is 5.69 Å². The van der Waals surface area contributed by atoms with Crippen molar-refractivity contribution in [3.05, 3.63) is 70.4 Å². The number of anilines is 1. The first-order valence-corrected chi connectivity index (χ1v) is 10.8. The number of hydrogen-bond acceptors (Lipinski definition) is 3. The summed E-state index contributed by atoms with van der Waals surface area (Å²) in [5.74, 6) is 0.536. The largest absolute Gasteiger partial charge is 0.366 e. The first kappa shape index (κ1) is 20.4. The Morgan fingerprint density at radius 2 is 1.33 bits per heavy atom. The highest BCUT2D eigenvalue weighted by atomic mass is 16.2. The maximum Gasteiger partial charge on any atom is 0.282 e. The molecule has 0 spiro atoms. The minimum atomic E-state index is -0.227. The molecule has 0 N–H and O–H groups in total. The van der Waals surface area contributed by atoms with Crippen molar-refractivity contribution in [1.29, 1.82) is 0 Å². The molecule has 2 amide bonds. The van der Waals surface area contributed by atoms with E-state index in [0.29, 0.717) is 28.8 Å². The summed E-state index contributed by atoms with van der Waals surface area (Å²) in [5.41, 5.74) is 5.75. The number of hydrogen-bond donors (Lipinski definition) is 0. The predicted molar refractivity (Wildman–Crippen MR) is 121 cm³/mol. The van der Waals surface area contributed by atoms with Gasteiger partial charge in [0.1, 0.15) is 5.70 Å². The standard InChI is InChI=1S/C26H30N2O2/c1-16-6-8-21(9-7-16)23-24(27-14-19(4)11-20(5)15-27)26(30)28(25(23)29)22-12-17(2)10-18(3)13-22/h6-10,12-13,19-20H,11,14-15H2,1-5H3. The van der Waals surface area contributed by atoms with Gasteiger partial charge in [0.25, 0.3) is 11.8 Å². The predicted octanol–water partition coefficient (Wildman–Crippen LogP) is 4.87. The van der Waals surface area contributed by atoms with E-state index in [4.69, 9.17) is 0 Å². The number of carbonyl (C=O) groups is 2. The molecule has 0 aromatic heterocycles. The van der Waals surface area contributed by atoms with Crippen LogP contribution in [0.1, 0.15) is 42.5 Å². The van der Waals surface area contributed by atoms with Gasteiger partial charge in [-0.3, -0.25) is 9.59 Å². The second kappa shape index (κ2) is 7.75. The SMILES string of the molecule is Cc1ccc(C2=C(N3CC(C)CC(C)C3)C(=O)N(c3cc(C)cc(C)c3)C2=O)cc1. The van der Waals surface area contributed by atoms with Crippen LogP contribution >= 0.6 is 0 Å². The maximum atomic E-state index is 13.7. The van der Waals surface area contributed by atoms with E-state index in [2.05, 4.69) is 24.8 Å². The zero-order valence-electron chi connectivity index (χ0n) is 18.5. The Morgan fingerprint density at radius 1 is 0.767 bits per heavy atom. The van der Waals surface area contributed by atoms with Gasteiger partial charge in [-0.05, 0) is 67.9 Å². The molecule has 2 unspecified atom stereocenters. The fourth-order valence-corrected chi connectivity index (χ4v) is 4.95. The summed E-state index contributed by atoms with van der Waals surface area (Å²) < 4.78 is 0. The molecule has 0 radical (unpaired) electrons. The van der Waals surface area contributed by atoms with Gasteiger partial charge >= 0.3 is 0 Å². The number of nitrogens with zero attached hydrogens (tertiary/aromatic N) is 2. The molecule has 0 aliphatic carbocycles. The van der Waals surface area contributed by atoms with Crippen LogP contribution < -0.4 is 4.90 Å². The summed E-state index contributed by atoms with van der Waals surface area (Å²) in [5, 5.41) is 0. The lowest BCUT2D eigenvalue weighted by atomic mass is 9.91. The highest BCUT2D eigenvalue weighted by molar-refractivity contribution is 6.45. The lowest BCUT2D eigenvalue weighted by Gasteiger charge is -2.37. The fourth-order valence-electron chi connectivity index (χ4n) is 4.95. The molecule has 156 valence electrons. The van der Waals surface area contributed by atoms with E-state index in [1.807, 2.05) is 57.2 Å². The molecule has 0 saturated carbocycles. The Kier molecular flexibility index (Phi) is 5.27. The molecule has 1 saturated heterocycles. The van der Waals surface area contributed by atoms with E-state index in [1.54, 1.807) is 0 Å². The van der Waals surface area contributed by atoms with Crippen molar-refractivity contribution >= 4 is 23.1 Å². The molecule has 0 bridgehead atoms.